The summed E-state index contributed by atoms with van der Waals surface area (Å²) in [5.41, 5.74) is -0.908. The molecule has 0 atom stereocenters. The molecule has 0 amide bonds. The molecule has 2 aromatic rings. The van der Waals surface area contributed by atoms with Crippen molar-refractivity contribution in [2.24, 2.45) is 0 Å². The summed E-state index contributed by atoms with van der Waals surface area (Å²) >= 11 is 9.00. The number of alkyl halides is 3. The van der Waals surface area contributed by atoms with E-state index < -0.39 is 21.8 Å². The smallest absolute Gasteiger partial charge is 0.416 e. The first-order chi connectivity index (χ1) is 11.0. The number of hydrogen-bond acceptors (Lipinski definition) is 3. The van der Waals surface area contributed by atoms with Gasteiger partial charge in [-0.1, -0.05) is 11.6 Å². The Hall–Kier alpha value is -1.45. The predicted octanol–water partition coefficient (Wildman–Crippen LogP) is 4.93. The van der Waals surface area contributed by atoms with Gasteiger partial charge in [0.1, 0.15) is 4.90 Å². The third kappa shape index (κ3) is 4.14. The van der Waals surface area contributed by atoms with E-state index in [1.807, 2.05) is 0 Å². The summed E-state index contributed by atoms with van der Waals surface area (Å²) < 4.78 is 70.1. The molecular weight excluding hydrogens is 435 g/mol. The molecule has 0 radical (unpaired) electrons. The quantitative estimate of drug-likeness (QED) is 0.727. The van der Waals surface area contributed by atoms with E-state index in [4.69, 9.17) is 16.3 Å². The van der Waals surface area contributed by atoms with Crippen LogP contribution in [0.2, 0.25) is 5.02 Å². The van der Waals surface area contributed by atoms with Crippen molar-refractivity contribution in [1.29, 1.82) is 0 Å². The van der Waals surface area contributed by atoms with E-state index in [1.54, 1.807) is 0 Å². The first kappa shape index (κ1) is 18.9. The number of nitrogens with one attached hydrogen (secondary N) is 1. The van der Waals surface area contributed by atoms with E-state index in [2.05, 4.69) is 20.7 Å². The molecule has 0 saturated heterocycles. The Kier molecular flexibility index (Phi) is 5.36. The van der Waals surface area contributed by atoms with Gasteiger partial charge in [0.2, 0.25) is 0 Å². The van der Waals surface area contributed by atoms with E-state index >= 15 is 0 Å². The fraction of sp³-hybridized carbons (Fsp3) is 0.143. The molecular formula is C14H10BrClF3NO3S. The van der Waals surface area contributed by atoms with E-state index in [-0.39, 0.29) is 21.4 Å². The van der Waals surface area contributed by atoms with Gasteiger partial charge in [-0.15, -0.1) is 0 Å². The number of rotatable bonds is 4. The summed E-state index contributed by atoms with van der Waals surface area (Å²) in [5.74, 6) is 0.0267. The van der Waals surface area contributed by atoms with Crippen LogP contribution in [0.4, 0.5) is 18.9 Å². The molecule has 0 saturated carbocycles. The first-order valence-corrected chi connectivity index (χ1v) is 8.93. The zero-order valence-corrected chi connectivity index (χ0v) is 15.1. The molecule has 130 valence electrons. The highest BCUT2D eigenvalue weighted by Crippen LogP contribution is 2.36. The SMILES string of the molecule is COc1c(Br)cc(Cl)cc1S(=O)(=O)Nc1ccc(C(F)(F)F)cc1. The fourth-order valence-corrected chi connectivity index (χ4v) is 4.32. The second-order valence-corrected chi connectivity index (χ2v) is 7.54. The highest BCUT2D eigenvalue weighted by Gasteiger charge is 2.30. The molecule has 4 nitrogen and oxygen atoms in total. The molecule has 24 heavy (non-hydrogen) atoms. The van der Waals surface area contributed by atoms with Crippen LogP contribution in [-0.4, -0.2) is 15.5 Å². The Morgan fingerprint density at radius 2 is 1.75 bits per heavy atom. The summed E-state index contributed by atoms with van der Waals surface area (Å²) in [6.45, 7) is 0. The van der Waals surface area contributed by atoms with Gasteiger partial charge in [-0.05, 0) is 52.3 Å². The van der Waals surface area contributed by atoms with Gasteiger partial charge < -0.3 is 4.74 Å². The maximum atomic E-state index is 12.5. The van der Waals surface area contributed by atoms with Crippen LogP contribution in [0.15, 0.2) is 45.8 Å². The Balaban J connectivity index is 2.39. The second kappa shape index (κ2) is 6.81. The first-order valence-electron chi connectivity index (χ1n) is 6.27. The molecule has 0 aliphatic rings. The van der Waals surface area contributed by atoms with Crippen LogP contribution in [0.3, 0.4) is 0 Å². The number of hydrogen-bond donors (Lipinski definition) is 1. The monoisotopic (exact) mass is 443 g/mol. The molecule has 2 aromatic carbocycles. The topological polar surface area (TPSA) is 55.4 Å². The van der Waals surface area contributed by atoms with Crippen molar-refractivity contribution in [3.8, 4) is 5.75 Å². The highest BCUT2D eigenvalue weighted by atomic mass is 79.9. The fourth-order valence-electron chi connectivity index (χ4n) is 1.87. The van der Waals surface area contributed by atoms with Crippen molar-refractivity contribution < 1.29 is 26.3 Å². The summed E-state index contributed by atoms with van der Waals surface area (Å²) in [6.07, 6.45) is -4.50. The highest BCUT2D eigenvalue weighted by molar-refractivity contribution is 9.10. The van der Waals surface area contributed by atoms with Crippen LogP contribution in [0.5, 0.6) is 5.75 Å². The van der Waals surface area contributed by atoms with Crippen molar-refractivity contribution >= 4 is 43.2 Å². The van der Waals surface area contributed by atoms with Gasteiger partial charge in [0.15, 0.2) is 5.75 Å². The van der Waals surface area contributed by atoms with Crippen LogP contribution in [0.1, 0.15) is 5.56 Å². The maximum Gasteiger partial charge on any atom is 0.416 e. The molecule has 0 aliphatic carbocycles. The molecule has 1 N–H and O–H groups in total. The largest absolute Gasteiger partial charge is 0.494 e. The molecule has 2 rings (SSSR count). The van der Waals surface area contributed by atoms with Gasteiger partial charge in [-0.3, -0.25) is 4.72 Å². The van der Waals surface area contributed by atoms with Crippen molar-refractivity contribution in [3.63, 3.8) is 0 Å². The van der Waals surface area contributed by atoms with Crippen LogP contribution in [-0.2, 0) is 16.2 Å². The van der Waals surface area contributed by atoms with Gasteiger partial charge in [0, 0.05) is 10.7 Å². The summed E-state index contributed by atoms with van der Waals surface area (Å²) in [6, 6.07) is 6.24. The molecule has 0 aliphatic heterocycles. The Morgan fingerprint density at radius 1 is 1.17 bits per heavy atom. The Bertz CT molecular complexity index is 855. The lowest BCUT2D eigenvalue weighted by molar-refractivity contribution is -0.137. The standard InChI is InChI=1S/C14H10BrClF3NO3S/c1-23-13-11(15)6-9(16)7-12(13)24(21,22)20-10-4-2-8(3-5-10)14(17,18)19/h2-7,20H,1H3. The minimum Gasteiger partial charge on any atom is -0.494 e. The van der Waals surface area contributed by atoms with E-state index in [1.165, 1.54) is 19.2 Å². The average Bonchev–Trinajstić information content (AvgIpc) is 2.45. The molecule has 0 unspecified atom stereocenters. The summed E-state index contributed by atoms with van der Waals surface area (Å²) in [5, 5.41) is 0.149. The number of halogens is 5. The zero-order chi connectivity index (χ0) is 18.1. The van der Waals surface area contributed by atoms with Crippen molar-refractivity contribution in [2.75, 3.05) is 11.8 Å². The molecule has 0 spiro atoms. The predicted molar refractivity (Wildman–Crippen MR) is 88.0 cm³/mol. The van der Waals surface area contributed by atoms with Gasteiger partial charge in [0.05, 0.1) is 17.1 Å². The molecule has 0 fully saturated rings. The third-order valence-electron chi connectivity index (χ3n) is 2.93. The lowest BCUT2D eigenvalue weighted by Gasteiger charge is -2.14. The van der Waals surface area contributed by atoms with Crippen molar-refractivity contribution in [2.45, 2.75) is 11.1 Å². The zero-order valence-electron chi connectivity index (χ0n) is 12.0. The van der Waals surface area contributed by atoms with Crippen molar-refractivity contribution in [1.82, 2.24) is 0 Å². The van der Waals surface area contributed by atoms with Gasteiger partial charge >= 0.3 is 6.18 Å². The number of sulfonamides is 1. The number of methoxy groups -OCH3 is 1. The summed E-state index contributed by atoms with van der Waals surface area (Å²) in [7, 11) is -2.84. The van der Waals surface area contributed by atoms with Crippen LogP contribution >= 0.6 is 27.5 Å². The van der Waals surface area contributed by atoms with E-state index in [9.17, 15) is 21.6 Å². The third-order valence-corrected chi connectivity index (χ3v) is 5.13. The lowest BCUT2D eigenvalue weighted by atomic mass is 10.2. The van der Waals surface area contributed by atoms with Crippen LogP contribution in [0.25, 0.3) is 0 Å². The van der Waals surface area contributed by atoms with Gasteiger partial charge in [-0.25, -0.2) is 8.42 Å². The normalized spacial score (nSPS) is 12.1. The minimum atomic E-state index is -4.50. The Morgan fingerprint density at radius 3 is 2.25 bits per heavy atom. The number of benzene rings is 2. The molecule has 0 bridgehead atoms. The van der Waals surface area contributed by atoms with Gasteiger partial charge in [-0.2, -0.15) is 13.2 Å². The van der Waals surface area contributed by atoms with Gasteiger partial charge in [0.25, 0.3) is 10.0 Å². The Labute approximate surface area is 149 Å². The van der Waals surface area contributed by atoms with Crippen LogP contribution in [0, 0.1) is 0 Å². The number of anilines is 1. The second-order valence-electron chi connectivity index (χ2n) is 4.60. The van der Waals surface area contributed by atoms with Crippen molar-refractivity contribution in [3.05, 3.63) is 51.5 Å². The average molecular weight is 445 g/mol. The van der Waals surface area contributed by atoms with Crippen LogP contribution < -0.4 is 9.46 Å². The molecule has 10 heteroatoms. The minimum absolute atomic E-state index is 0.0267. The summed E-state index contributed by atoms with van der Waals surface area (Å²) in [4.78, 5) is -0.246. The number of ether oxygens (including phenoxy) is 1. The molecule has 0 aromatic heterocycles. The maximum absolute atomic E-state index is 12.5. The van der Waals surface area contributed by atoms with E-state index in [0.717, 1.165) is 24.3 Å². The molecule has 0 heterocycles. The van der Waals surface area contributed by atoms with E-state index in [0.29, 0.717) is 4.47 Å². The lowest BCUT2D eigenvalue weighted by Crippen LogP contribution is -2.14.